The number of hydrogen-bond donors (Lipinski definition) is 1. The van der Waals surface area contributed by atoms with E-state index < -0.39 is 11.4 Å². The summed E-state index contributed by atoms with van der Waals surface area (Å²) in [6, 6.07) is 6.34. The van der Waals surface area contributed by atoms with Crippen molar-refractivity contribution in [3.05, 3.63) is 29.8 Å². The monoisotopic (exact) mass is 291 g/mol. The zero-order chi connectivity index (χ0) is 16.0. The Morgan fingerprint density at radius 3 is 2.14 bits per heavy atom. The minimum Gasteiger partial charge on any atom is -0.454 e. The van der Waals surface area contributed by atoms with Crippen molar-refractivity contribution < 1.29 is 19.1 Å². The van der Waals surface area contributed by atoms with Crippen molar-refractivity contribution in [1.29, 1.82) is 0 Å². The first-order chi connectivity index (χ1) is 9.74. The molecule has 0 bridgehead atoms. The first kappa shape index (κ1) is 16.9. The largest absolute Gasteiger partial charge is 0.454 e. The van der Waals surface area contributed by atoms with Crippen LogP contribution in [0.25, 0.3) is 0 Å². The average Bonchev–Trinajstić information content (AvgIpc) is 2.43. The summed E-state index contributed by atoms with van der Waals surface area (Å²) in [5.74, 6) is -0.787. The second-order valence-electron chi connectivity index (χ2n) is 5.73. The van der Waals surface area contributed by atoms with Crippen LogP contribution in [0.1, 0.15) is 44.5 Å². The minimum atomic E-state index is -0.555. The maximum absolute atomic E-state index is 11.8. The second-order valence-corrected chi connectivity index (χ2v) is 5.73. The molecule has 0 spiro atoms. The predicted molar refractivity (Wildman–Crippen MR) is 80.1 cm³/mol. The number of amides is 1. The number of ether oxygens (including phenoxy) is 1. The number of anilines is 1. The number of Topliss-reactive ketones (excluding diaryl/α,β-unsaturated/α-hetero) is 1. The molecule has 1 N–H and O–H groups in total. The minimum absolute atomic E-state index is 0.0962. The van der Waals surface area contributed by atoms with Gasteiger partial charge in [0.15, 0.2) is 12.4 Å². The molecule has 21 heavy (non-hydrogen) atoms. The van der Waals surface area contributed by atoms with Gasteiger partial charge in [-0.15, -0.1) is 0 Å². The lowest BCUT2D eigenvalue weighted by Crippen LogP contribution is -2.26. The van der Waals surface area contributed by atoms with Crippen LogP contribution < -0.4 is 5.32 Å². The quantitative estimate of drug-likeness (QED) is 0.847. The number of ketones is 1. The van der Waals surface area contributed by atoms with Gasteiger partial charge in [0.2, 0.25) is 5.91 Å². The van der Waals surface area contributed by atoms with Crippen LogP contribution in [0, 0.1) is 5.41 Å². The maximum Gasteiger partial charge on any atom is 0.338 e. The summed E-state index contributed by atoms with van der Waals surface area (Å²) in [5, 5.41) is 2.68. The van der Waals surface area contributed by atoms with E-state index >= 15 is 0 Å². The average molecular weight is 291 g/mol. The highest BCUT2D eigenvalue weighted by molar-refractivity contribution is 5.94. The molecule has 114 valence electrons. The highest BCUT2D eigenvalue weighted by atomic mass is 16.5. The van der Waals surface area contributed by atoms with Crippen LogP contribution in [0.15, 0.2) is 24.3 Å². The third-order valence-corrected chi connectivity index (χ3v) is 2.90. The topological polar surface area (TPSA) is 72.5 Å². The van der Waals surface area contributed by atoms with Crippen LogP contribution in [0.5, 0.6) is 0 Å². The number of carbonyl (C=O) groups excluding carboxylic acids is 3. The lowest BCUT2D eigenvalue weighted by Gasteiger charge is -2.16. The number of hydrogen-bond acceptors (Lipinski definition) is 4. The molecule has 0 atom stereocenters. The van der Waals surface area contributed by atoms with Gasteiger partial charge in [0, 0.05) is 17.5 Å². The molecule has 0 aliphatic heterocycles. The van der Waals surface area contributed by atoms with Gasteiger partial charge in [-0.3, -0.25) is 9.59 Å². The predicted octanol–water partition coefficient (Wildman–Crippen LogP) is 2.81. The molecular weight excluding hydrogens is 270 g/mol. The lowest BCUT2D eigenvalue weighted by molar-refractivity contribution is -0.129. The van der Waals surface area contributed by atoms with Gasteiger partial charge in [0.1, 0.15) is 0 Å². The molecule has 5 nitrogen and oxygen atoms in total. The summed E-state index contributed by atoms with van der Waals surface area (Å²) in [4.78, 5) is 34.7. The Bertz CT molecular complexity index is 526. The summed E-state index contributed by atoms with van der Waals surface area (Å²) in [5.41, 5.74) is 0.421. The molecule has 0 unspecified atom stereocenters. The smallest absolute Gasteiger partial charge is 0.338 e. The summed E-state index contributed by atoms with van der Waals surface area (Å²) < 4.78 is 4.98. The summed E-state index contributed by atoms with van der Waals surface area (Å²) in [6.45, 7) is 6.83. The highest BCUT2D eigenvalue weighted by Gasteiger charge is 2.22. The Morgan fingerprint density at radius 1 is 1.10 bits per heavy atom. The van der Waals surface area contributed by atoms with Gasteiger partial charge in [-0.1, -0.05) is 27.7 Å². The number of benzene rings is 1. The highest BCUT2D eigenvalue weighted by Crippen LogP contribution is 2.15. The van der Waals surface area contributed by atoms with Crippen LogP contribution >= 0.6 is 0 Å². The van der Waals surface area contributed by atoms with Gasteiger partial charge >= 0.3 is 5.97 Å². The summed E-state index contributed by atoms with van der Waals surface area (Å²) >= 11 is 0. The second kappa shape index (κ2) is 7.02. The summed E-state index contributed by atoms with van der Waals surface area (Å²) in [7, 11) is 0. The summed E-state index contributed by atoms with van der Waals surface area (Å²) in [6.07, 6.45) is 0.388. The standard InChI is InChI=1S/C16H21NO4/c1-5-14(19)17-12-8-6-11(7-9-12)15(20)21-10-13(18)16(2,3)4/h6-9H,5,10H2,1-4H3,(H,17,19). The molecule has 5 heteroatoms. The van der Waals surface area contributed by atoms with E-state index in [0.29, 0.717) is 17.7 Å². The van der Waals surface area contributed by atoms with Gasteiger partial charge in [-0.05, 0) is 24.3 Å². The Labute approximate surface area is 124 Å². The molecule has 0 aromatic heterocycles. The van der Waals surface area contributed by atoms with Crippen molar-refractivity contribution >= 4 is 23.3 Å². The lowest BCUT2D eigenvalue weighted by atomic mass is 9.91. The molecule has 1 aromatic carbocycles. The van der Waals surface area contributed by atoms with Crippen molar-refractivity contribution in [2.75, 3.05) is 11.9 Å². The van der Waals surface area contributed by atoms with Gasteiger partial charge in [-0.2, -0.15) is 0 Å². The fraction of sp³-hybridized carbons (Fsp3) is 0.438. The molecule has 1 amide bonds. The molecule has 0 saturated carbocycles. The van der Waals surface area contributed by atoms with Crippen molar-refractivity contribution in [1.82, 2.24) is 0 Å². The van der Waals surface area contributed by atoms with E-state index in [0.717, 1.165) is 0 Å². The van der Waals surface area contributed by atoms with Crippen molar-refractivity contribution in [3.8, 4) is 0 Å². The number of esters is 1. The first-order valence-corrected chi connectivity index (χ1v) is 6.84. The molecule has 0 aliphatic carbocycles. The normalized spacial score (nSPS) is 10.9. The maximum atomic E-state index is 11.8. The molecule has 1 aromatic rings. The van der Waals surface area contributed by atoms with Gasteiger partial charge in [0.25, 0.3) is 0 Å². The molecule has 0 radical (unpaired) electrons. The van der Waals surface area contributed by atoms with E-state index in [-0.39, 0.29) is 18.3 Å². The fourth-order valence-electron chi connectivity index (χ4n) is 1.37. The van der Waals surface area contributed by atoms with Gasteiger partial charge in [0.05, 0.1) is 5.56 Å². The van der Waals surface area contributed by atoms with Gasteiger partial charge < -0.3 is 10.1 Å². The Hall–Kier alpha value is -2.17. The SMILES string of the molecule is CCC(=O)Nc1ccc(C(=O)OCC(=O)C(C)(C)C)cc1. The Kier molecular flexibility index (Phi) is 5.64. The molecule has 0 aliphatic rings. The van der Waals surface area contributed by atoms with Crippen LogP contribution in [0.3, 0.4) is 0 Å². The number of nitrogens with one attached hydrogen (secondary N) is 1. The van der Waals surface area contributed by atoms with Crippen LogP contribution in [-0.2, 0) is 14.3 Å². The number of rotatable bonds is 5. The van der Waals surface area contributed by atoms with E-state index in [2.05, 4.69) is 5.32 Å². The van der Waals surface area contributed by atoms with Crippen molar-refractivity contribution in [2.45, 2.75) is 34.1 Å². The third kappa shape index (κ3) is 5.38. The van der Waals surface area contributed by atoms with Crippen molar-refractivity contribution in [2.24, 2.45) is 5.41 Å². The van der Waals surface area contributed by atoms with Crippen molar-refractivity contribution in [3.63, 3.8) is 0 Å². The van der Waals surface area contributed by atoms with E-state index in [1.807, 2.05) is 0 Å². The van der Waals surface area contributed by atoms with E-state index in [9.17, 15) is 14.4 Å². The molecular formula is C16H21NO4. The zero-order valence-electron chi connectivity index (χ0n) is 12.9. The molecule has 0 heterocycles. The zero-order valence-corrected chi connectivity index (χ0v) is 12.9. The van der Waals surface area contributed by atoms with E-state index in [1.54, 1.807) is 52.0 Å². The molecule has 1 rings (SSSR count). The van der Waals surface area contributed by atoms with Crippen LogP contribution in [0.2, 0.25) is 0 Å². The molecule has 0 saturated heterocycles. The van der Waals surface area contributed by atoms with Gasteiger partial charge in [-0.25, -0.2) is 4.79 Å². The van der Waals surface area contributed by atoms with Crippen LogP contribution in [0.4, 0.5) is 5.69 Å². The van der Waals surface area contributed by atoms with E-state index in [1.165, 1.54) is 0 Å². The Balaban J connectivity index is 2.59. The van der Waals surface area contributed by atoms with Crippen LogP contribution in [-0.4, -0.2) is 24.3 Å². The fourth-order valence-corrected chi connectivity index (χ4v) is 1.37. The first-order valence-electron chi connectivity index (χ1n) is 6.84. The number of carbonyl (C=O) groups is 3. The Morgan fingerprint density at radius 2 is 1.67 bits per heavy atom. The molecule has 0 fully saturated rings. The third-order valence-electron chi connectivity index (χ3n) is 2.90. The van der Waals surface area contributed by atoms with E-state index in [4.69, 9.17) is 4.74 Å².